The van der Waals surface area contributed by atoms with Crippen molar-refractivity contribution in [3.63, 3.8) is 0 Å². The van der Waals surface area contributed by atoms with Gasteiger partial charge in [-0.2, -0.15) is 0 Å². The van der Waals surface area contributed by atoms with E-state index in [0.717, 1.165) is 39.0 Å². The van der Waals surface area contributed by atoms with Gasteiger partial charge in [-0.1, -0.05) is 26.2 Å². The smallest absolute Gasteiger partial charge is 0.325 e. The van der Waals surface area contributed by atoms with Crippen molar-refractivity contribution in [3.8, 4) is 0 Å². The average molecular weight is 242 g/mol. The molecule has 100 valence electrons. The molecule has 1 atom stereocenters. The number of nitrogens with zero attached hydrogens (tertiary/aromatic N) is 1. The van der Waals surface area contributed by atoms with E-state index in [1.54, 1.807) is 0 Å². The van der Waals surface area contributed by atoms with Crippen LogP contribution in [0.15, 0.2) is 0 Å². The summed E-state index contributed by atoms with van der Waals surface area (Å²) in [5.41, 5.74) is -0.438. The highest BCUT2D eigenvalue weighted by Gasteiger charge is 2.40. The van der Waals surface area contributed by atoms with Gasteiger partial charge in [-0.05, 0) is 13.3 Å². The third-order valence-electron chi connectivity index (χ3n) is 3.71. The number of esters is 1. The lowest BCUT2D eigenvalue weighted by molar-refractivity contribution is -0.155. The van der Waals surface area contributed by atoms with Gasteiger partial charge >= 0.3 is 5.97 Å². The van der Waals surface area contributed by atoms with Crippen LogP contribution >= 0.6 is 0 Å². The Bertz CT molecular complexity index is 240. The van der Waals surface area contributed by atoms with Gasteiger partial charge in [0.2, 0.25) is 0 Å². The lowest BCUT2D eigenvalue weighted by Gasteiger charge is -2.41. The van der Waals surface area contributed by atoms with Crippen molar-refractivity contribution < 1.29 is 9.53 Å². The third kappa shape index (κ3) is 3.68. The Morgan fingerprint density at radius 3 is 2.53 bits per heavy atom. The third-order valence-corrected chi connectivity index (χ3v) is 3.71. The molecule has 0 aliphatic carbocycles. The van der Waals surface area contributed by atoms with E-state index in [1.807, 2.05) is 6.92 Å². The van der Waals surface area contributed by atoms with Gasteiger partial charge in [-0.3, -0.25) is 9.69 Å². The zero-order chi connectivity index (χ0) is 12.7. The van der Waals surface area contributed by atoms with Crippen LogP contribution in [0.25, 0.3) is 0 Å². The molecule has 1 aliphatic rings. The molecular weight excluding hydrogens is 216 g/mol. The van der Waals surface area contributed by atoms with E-state index >= 15 is 0 Å². The highest BCUT2D eigenvalue weighted by Crippen LogP contribution is 2.24. The molecule has 1 fully saturated rings. The minimum Gasteiger partial charge on any atom is -0.468 e. The Balaban J connectivity index is 2.65. The van der Waals surface area contributed by atoms with Gasteiger partial charge in [0.15, 0.2) is 0 Å². The van der Waals surface area contributed by atoms with E-state index in [4.69, 9.17) is 4.74 Å². The van der Waals surface area contributed by atoms with Crippen LogP contribution in [0, 0.1) is 0 Å². The number of nitrogens with one attached hydrogen (secondary N) is 1. The van der Waals surface area contributed by atoms with Crippen molar-refractivity contribution >= 4 is 5.97 Å². The number of methoxy groups -OCH3 is 1. The SMILES string of the molecule is CCCCCC(C)(C(=O)OC)N1CCNCC1. The van der Waals surface area contributed by atoms with E-state index < -0.39 is 5.54 Å². The molecule has 0 aromatic carbocycles. The summed E-state index contributed by atoms with van der Waals surface area (Å²) in [6.07, 6.45) is 4.34. The van der Waals surface area contributed by atoms with E-state index in [2.05, 4.69) is 17.1 Å². The van der Waals surface area contributed by atoms with Gasteiger partial charge in [0, 0.05) is 26.2 Å². The lowest BCUT2D eigenvalue weighted by atomic mass is 9.91. The molecule has 4 nitrogen and oxygen atoms in total. The summed E-state index contributed by atoms with van der Waals surface area (Å²) in [6.45, 7) is 7.98. The highest BCUT2D eigenvalue weighted by atomic mass is 16.5. The Labute approximate surface area is 105 Å². The number of ether oxygens (including phenoxy) is 1. The van der Waals surface area contributed by atoms with Crippen LogP contribution in [-0.4, -0.2) is 49.7 Å². The largest absolute Gasteiger partial charge is 0.468 e. The molecule has 4 heteroatoms. The Kier molecular flexibility index (Phi) is 5.92. The number of unbranched alkanes of at least 4 members (excludes halogenated alkanes) is 2. The van der Waals surface area contributed by atoms with Crippen LogP contribution in [0.5, 0.6) is 0 Å². The first-order chi connectivity index (χ1) is 8.15. The molecule has 0 bridgehead atoms. The maximum absolute atomic E-state index is 12.0. The summed E-state index contributed by atoms with van der Waals surface area (Å²) in [4.78, 5) is 14.3. The van der Waals surface area contributed by atoms with Gasteiger partial charge in [0.25, 0.3) is 0 Å². The molecule has 0 saturated carbocycles. The minimum atomic E-state index is -0.438. The number of hydrogen-bond donors (Lipinski definition) is 1. The van der Waals surface area contributed by atoms with E-state index in [1.165, 1.54) is 20.0 Å². The van der Waals surface area contributed by atoms with Crippen molar-refractivity contribution in [1.29, 1.82) is 0 Å². The molecule has 0 amide bonds. The normalized spacial score (nSPS) is 20.9. The number of rotatable bonds is 6. The summed E-state index contributed by atoms with van der Waals surface area (Å²) in [6, 6.07) is 0. The number of carbonyl (C=O) groups excluding carboxylic acids is 1. The fraction of sp³-hybridized carbons (Fsp3) is 0.923. The number of carbonyl (C=O) groups is 1. The summed E-state index contributed by atoms with van der Waals surface area (Å²) in [7, 11) is 1.49. The Hall–Kier alpha value is -0.610. The van der Waals surface area contributed by atoms with Gasteiger partial charge in [0.1, 0.15) is 5.54 Å². The monoisotopic (exact) mass is 242 g/mol. The van der Waals surface area contributed by atoms with Crippen molar-refractivity contribution in [1.82, 2.24) is 10.2 Å². The van der Waals surface area contributed by atoms with Crippen LogP contribution in [0.3, 0.4) is 0 Å². The molecule has 1 heterocycles. The second-order valence-electron chi connectivity index (χ2n) is 4.96. The number of piperazine rings is 1. The molecule has 17 heavy (non-hydrogen) atoms. The molecule has 1 saturated heterocycles. The molecule has 1 unspecified atom stereocenters. The molecule has 0 radical (unpaired) electrons. The van der Waals surface area contributed by atoms with Crippen LogP contribution in [0.1, 0.15) is 39.5 Å². The zero-order valence-electron chi connectivity index (χ0n) is 11.4. The fourth-order valence-electron chi connectivity index (χ4n) is 2.49. The summed E-state index contributed by atoms with van der Waals surface area (Å²) >= 11 is 0. The minimum absolute atomic E-state index is 0.0875. The molecule has 1 aliphatic heterocycles. The Morgan fingerprint density at radius 2 is 2.00 bits per heavy atom. The predicted molar refractivity (Wildman–Crippen MR) is 69.0 cm³/mol. The fourth-order valence-corrected chi connectivity index (χ4v) is 2.49. The first-order valence-corrected chi connectivity index (χ1v) is 6.69. The standard InChI is InChI=1S/C13H26N2O2/c1-4-5-6-7-13(2,12(16)17-3)15-10-8-14-9-11-15/h14H,4-11H2,1-3H3. The summed E-state index contributed by atoms with van der Waals surface area (Å²) in [5.74, 6) is -0.0875. The molecule has 0 aromatic heterocycles. The Morgan fingerprint density at radius 1 is 1.35 bits per heavy atom. The highest BCUT2D eigenvalue weighted by molar-refractivity contribution is 5.80. The second kappa shape index (κ2) is 6.97. The van der Waals surface area contributed by atoms with Crippen molar-refractivity contribution in [2.45, 2.75) is 45.1 Å². The van der Waals surface area contributed by atoms with Crippen LogP contribution in [-0.2, 0) is 9.53 Å². The molecule has 0 aromatic rings. The van der Waals surface area contributed by atoms with Crippen molar-refractivity contribution in [3.05, 3.63) is 0 Å². The molecule has 1 N–H and O–H groups in total. The quantitative estimate of drug-likeness (QED) is 0.565. The molecule has 0 spiro atoms. The average Bonchev–Trinajstić information content (AvgIpc) is 2.39. The maximum Gasteiger partial charge on any atom is 0.325 e. The number of hydrogen-bond acceptors (Lipinski definition) is 4. The lowest BCUT2D eigenvalue weighted by Crippen LogP contribution is -2.59. The van der Waals surface area contributed by atoms with Gasteiger partial charge in [-0.25, -0.2) is 0 Å². The van der Waals surface area contributed by atoms with Crippen LogP contribution in [0.4, 0.5) is 0 Å². The maximum atomic E-state index is 12.0. The van der Waals surface area contributed by atoms with E-state index in [9.17, 15) is 4.79 Å². The van der Waals surface area contributed by atoms with Gasteiger partial charge in [0.05, 0.1) is 7.11 Å². The van der Waals surface area contributed by atoms with Crippen LogP contribution in [0.2, 0.25) is 0 Å². The van der Waals surface area contributed by atoms with Crippen molar-refractivity contribution in [2.75, 3.05) is 33.3 Å². The summed E-state index contributed by atoms with van der Waals surface area (Å²) in [5, 5.41) is 3.32. The first-order valence-electron chi connectivity index (χ1n) is 6.69. The van der Waals surface area contributed by atoms with Gasteiger partial charge in [-0.15, -0.1) is 0 Å². The summed E-state index contributed by atoms with van der Waals surface area (Å²) < 4.78 is 5.00. The van der Waals surface area contributed by atoms with E-state index in [0.29, 0.717) is 0 Å². The second-order valence-corrected chi connectivity index (χ2v) is 4.96. The van der Waals surface area contributed by atoms with Crippen LogP contribution < -0.4 is 5.32 Å². The molecule has 1 rings (SSSR count). The van der Waals surface area contributed by atoms with Gasteiger partial charge < -0.3 is 10.1 Å². The van der Waals surface area contributed by atoms with Crippen molar-refractivity contribution in [2.24, 2.45) is 0 Å². The first kappa shape index (κ1) is 14.5. The molecular formula is C13H26N2O2. The van der Waals surface area contributed by atoms with E-state index in [-0.39, 0.29) is 5.97 Å². The zero-order valence-corrected chi connectivity index (χ0v) is 11.4. The predicted octanol–water partition coefficient (Wildman–Crippen LogP) is 1.40. The topological polar surface area (TPSA) is 41.6 Å².